The highest BCUT2D eigenvalue weighted by Crippen LogP contribution is 2.38. The van der Waals surface area contributed by atoms with Gasteiger partial charge in [-0.2, -0.15) is 0 Å². The first-order chi connectivity index (χ1) is 13.4. The Morgan fingerprint density at radius 3 is 2.54 bits per heavy atom. The highest BCUT2D eigenvalue weighted by atomic mass is 35.5. The van der Waals surface area contributed by atoms with E-state index in [9.17, 15) is 13.2 Å². The van der Waals surface area contributed by atoms with Crippen LogP contribution in [0.2, 0.25) is 5.02 Å². The third kappa shape index (κ3) is 4.95. The molecule has 7 nitrogen and oxygen atoms in total. The minimum absolute atomic E-state index is 0.141. The Morgan fingerprint density at radius 2 is 1.82 bits per heavy atom. The van der Waals surface area contributed by atoms with Gasteiger partial charge >= 0.3 is 0 Å². The summed E-state index contributed by atoms with van der Waals surface area (Å²) in [6.45, 7) is 1.37. The van der Waals surface area contributed by atoms with Gasteiger partial charge < -0.3 is 14.8 Å². The summed E-state index contributed by atoms with van der Waals surface area (Å²) in [4.78, 5) is 12.4. The maximum absolute atomic E-state index is 12.3. The van der Waals surface area contributed by atoms with E-state index in [1.54, 1.807) is 24.3 Å². The topological polar surface area (TPSA) is 93.7 Å². The van der Waals surface area contributed by atoms with Gasteiger partial charge in [0.05, 0.1) is 29.6 Å². The molecule has 1 heterocycles. The van der Waals surface area contributed by atoms with E-state index in [0.29, 0.717) is 29.7 Å². The highest BCUT2D eigenvalue weighted by molar-refractivity contribution is 7.89. The van der Waals surface area contributed by atoms with Gasteiger partial charge in [0, 0.05) is 13.0 Å². The lowest BCUT2D eigenvalue weighted by Crippen LogP contribution is -2.24. The molecule has 1 amide bonds. The monoisotopic (exact) mass is 424 g/mol. The molecule has 3 rings (SSSR count). The summed E-state index contributed by atoms with van der Waals surface area (Å²) in [6, 6.07) is 9.78. The maximum Gasteiger partial charge on any atom is 0.240 e. The van der Waals surface area contributed by atoms with Crippen molar-refractivity contribution in [2.24, 2.45) is 0 Å². The molecule has 2 aromatic carbocycles. The second-order valence-corrected chi connectivity index (χ2v) is 8.55. The van der Waals surface area contributed by atoms with Crippen LogP contribution in [0, 0.1) is 0 Å². The molecule has 28 heavy (non-hydrogen) atoms. The van der Waals surface area contributed by atoms with E-state index in [1.165, 1.54) is 19.2 Å². The fourth-order valence-electron chi connectivity index (χ4n) is 2.74. The van der Waals surface area contributed by atoms with Crippen LogP contribution in [0.3, 0.4) is 0 Å². The molecule has 1 aliphatic rings. The minimum Gasteiger partial charge on any atom is -0.489 e. The molecule has 9 heteroatoms. The van der Waals surface area contributed by atoms with Gasteiger partial charge in [-0.05, 0) is 42.4 Å². The highest BCUT2D eigenvalue weighted by Gasteiger charge is 2.17. The summed E-state index contributed by atoms with van der Waals surface area (Å²) >= 11 is 6.25. The number of halogens is 1. The van der Waals surface area contributed by atoms with Crippen molar-refractivity contribution in [3.8, 4) is 11.5 Å². The Hall–Kier alpha value is -2.29. The number of sulfonamides is 1. The molecule has 150 valence electrons. The Morgan fingerprint density at radius 1 is 1.11 bits per heavy atom. The van der Waals surface area contributed by atoms with Crippen LogP contribution in [0.4, 0.5) is 0 Å². The average molecular weight is 425 g/mol. The predicted octanol–water partition coefficient (Wildman–Crippen LogP) is 2.27. The number of benzene rings is 2. The summed E-state index contributed by atoms with van der Waals surface area (Å²) in [7, 11) is -2.12. The molecule has 0 spiro atoms. The third-order valence-corrected chi connectivity index (χ3v) is 5.93. The first kappa shape index (κ1) is 20.4. The number of rotatable bonds is 6. The molecular formula is C19H21ClN2O5S. The predicted molar refractivity (Wildman–Crippen MR) is 105 cm³/mol. The van der Waals surface area contributed by atoms with Gasteiger partial charge in [0.2, 0.25) is 15.9 Å². The molecule has 0 radical (unpaired) electrons. The van der Waals surface area contributed by atoms with Crippen LogP contribution in [-0.4, -0.2) is 34.6 Å². The van der Waals surface area contributed by atoms with Crippen LogP contribution in [0.25, 0.3) is 0 Å². The Balaban J connectivity index is 1.60. The van der Waals surface area contributed by atoms with E-state index in [4.69, 9.17) is 21.1 Å². The molecule has 0 aromatic heterocycles. The summed E-state index contributed by atoms with van der Waals surface area (Å²) in [5.74, 6) is 0.881. The van der Waals surface area contributed by atoms with Crippen LogP contribution in [0.5, 0.6) is 11.5 Å². The first-order valence-electron chi connectivity index (χ1n) is 8.76. The van der Waals surface area contributed by atoms with E-state index in [1.807, 2.05) is 0 Å². The van der Waals surface area contributed by atoms with E-state index in [-0.39, 0.29) is 23.8 Å². The molecular weight excluding hydrogens is 404 g/mol. The normalized spacial score (nSPS) is 13.6. The van der Waals surface area contributed by atoms with Crippen LogP contribution < -0.4 is 19.5 Å². The second kappa shape index (κ2) is 8.81. The van der Waals surface area contributed by atoms with Crippen molar-refractivity contribution in [2.75, 3.05) is 20.3 Å². The number of carbonyl (C=O) groups excluding carboxylic acids is 1. The fourth-order valence-corrected chi connectivity index (χ4v) is 3.76. The van der Waals surface area contributed by atoms with Crippen LogP contribution in [0.1, 0.15) is 17.5 Å². The van der Waals surface area contributed by atoms with Gasteiger partial charge in [-0.3, -0.25) is 4.79 Å². The van der Waals surface area contributed by atoms with Crippen molar-refractivity contribution in [3.63, 3.8) is 0 Å². The molecule has 0 aliphatic carbocycles. The number of ether oxygens (including phenoxy) is 2. The Labute approximate surface area is 169 Å². The van der Waals surface area contributed by atoms with Gasteiger partial charge in [-0.15, -0.1) is 0 Å². The van der Waals surface area contributed by atoms with E-state index in [2.05, 4.69) is 10.0 Å². The van der Waals surface area contributed by atoms with Gasteiger partial charge in [0.25, 0.3) is 0 Å². The quantitative estimate of drug-likeness (QED) is 0.741. The van der Waals surface area contributed by atoms with Gasteiger partial charge in [0.1, 0.15) is 0 Å². The average Bonchev–Trinajstić information content (AvgIpc) is 2.92. The molecule has 0 atom stereocenters. The first-order valence-corrected chi connectivity index (χ1v) is 10.6. The zero-order valence-electron chi connectivity index (χ0n) is 15.3. The smallest absolute Gasteiger partial charge is 0.240 e. The number of amides is 1. The zero-order valence-corrected chi connectivity index (χ0v) is 16.9. The van der Waals surface area contributed by atoms with Crippen molar-refractivity contribution >= 4 is 27.5 Å². The lowest BCUT2D eigenvalue weighted by molar-refractivity contribution is -0.120. The maximum atomic E-state index is 12.3. The van der Waals surface area contributed by atoms with Crippen molar-refractivity contribution < 1.29 is 22.7 Å². The van der Waals surface area contributed by atoms with Gasteiger partial charge in [-0.1, -0.05) is 23.7 Å². The van der Waals surface area contributed by atoms with Crippen LogP contribution >= 0.6 is 11.6 Å². The van der Waals surface area contributed by atoms with Crippen LogP contribution in [0.15, 0.2) is 41.3 Å². The molecule has 0 saturated carbocycles. The van der Waals surface area contributed by atoms with Crippen molar-refractivity contribution in [3.05, 3.63) is 52.5 Å². The lowest BCUT2D eigenvalue weighted by atomic mass is 10.1. The number of fused-ring (bicyclic) bond motifs is 1. The fraction of sp³-hybridized carbons (Fsp3) is 0.316. The molecule has 2 aromatic rings. The molecule has 0 fully saturated rings. The van der Waals surface area contributed by atoms with E-state index < -0.39 is 10.0 Å². The molecule has 0 bridgehead atoms. The van der Waals surface area contributed by atoms with Gasteiger partial charge in [-0.25, -0.2) is 13.1 Å². The summed E-state index contributed by atoms with van der Waals surface area (Å²) in [6.07, 6.45) is 0.914. The lowest BCUT2D eigenvalue weighted by Gasteiger charge is -2.12. The largest absolute Gasteiger partial charge is 0.489 e. The zero-order chi connectivity index (χ0) is 20.1. The third-order valence-electron chi connectivity index (χ3n) is 4.22. The number of nitrogens with one attached hydrogen (secondary N) is 2. The van der Waals surface area contributed by atoms with Crippen LogP contribution in [-0.2, 0) is 27.8 Å². The molecule has 1 aliphatic heterocycles. The molecule has 0 saturated heterocycles. The Bertz CT molecular complexity index is 961. The van der Waals surface area contributed by atoms with Crippen molar-refractivity contribution in [2.45, 2.75) is 24.3 Å². The van der Waals surface area contributed by atoms with Gasteiger partial charge in [0.15, 0.2) is 11.5 Å². The number of carbonyl (C=O) groups is 1. The van der Waals surface area contributed by atoms with E-state index >= 15 is 0 Å². The summed E-state index contributed by atoms with van der Waals surface area (Å²) in [5.41, 5.74) is 1.52. The summed E-state index contributed by atoms with van der Waals surface area (Å²) < 4.78 is 36.9. The standard InChI is InChI=1S/C19H21ClN2O5S/c1-21-28(24,25)15-5-3-13(4-6-15)12-22-18(23)11-14-9-16(20)19-17(10-14)26-7-2-8-27-19/h3-6,9-10,21H,2,7-8,11-12H2,1H3,(H,22,23). The molecule has 2 N–H and O–H groups in total. The second-order valence-electron chi connectivity index (χ2n) is 6.26. The van der Waals surface area contributed by atoms with Crippen molar-refractivity contribution in [1.82, 2.24) is 10.0 Å². The van der Waals surface area contributed by atoms with E-state index in [0.717, 1.165) is 17.5 Å². The van der Waals surface area contributed by atoms with Crippen molar-refractivity contribution in [1.29, 1.82) is 0 Å². The molecule has 0 unspecified atom stereocenters. The Kier molecular flexibility index (Phi) is 6.43. The SMILES string of the molecule is CNS(=O)(=O)c1ccc(CNC(=O)Cc2cc(Cl)c3c(c2)OCCCO3)cc1. The number of hydrogen-bond donors (Lipinski definition) is 2. The summed E-state index contributed by atoms with van der Waals surface area (Å²) in [5, 5.41) is 3.23. The minimum atomic E-state index is -3.47. The number of hydrogen-bond acceptors (Lipinski definition) is 5.